The number of nitrogens with zero attached hydrogens (tertiary/aromatic N) is 2. The van der Waals surface area contributed by atoms with Gasteiger partial charge in [0.1, 0.15) is 5.84 Å². The Kier molecular flexibility index (Phi) is 4.17. The number of hydrogen-bond donors (Lipinski definition) is 2. The number of nitrogen functional groups attached to an aromatic ring is 1. The average Bonchev–Trinajstić information content (AvgIpc) is 2.37. The summed E-state index contributed by atoms with van der Waals surface area (Å²) in [4.78, 5) is 8.59. The lowest BCUT2D eigenvalue weighted by Gasteiger charge is -2.12. The van der Waals surface area contributed by atoms with E-state index in [1.807, 2.05) is 0 Å². The first-order chi connectivity index (χ1) is 9.77. The molecule has 0 spiro atoms. The third-order valence-electron chi connectivity index (χ3n) is 2.57. The van der Waals surface area contributed by atoms with Gasteiger partial charge in [-0.3, -0.25) is 5.41 Å². The van der Waals surface area contributed by atoms with Crippen LogP contribution in [0.25, 0.3) is 0 Å². The van der Waals surface area contributed by atoms with E-state index in [-0.39, 0.29) is 5.56 Å². The van der Waals surface area contributed by atoms with Crippen LogP contribution >= 0.6 is 11.8 Å². The highest BCUT2D eigenvalue weighted by atomic mass is 32.2. The molecule has 0 unspecified atom stereocenters. The molecule has 3 N–H and O–H groups in total. The molecule has 2 aromatic rings. The molecular weight excluding hydrogens is 301 g/mol. The summed E-state index contributed by atoms with van der Waals surface area (Å²) in [6.07, 6.45) is -2.92. The zero-order valence-corrected chi connectivity index (χ0v) is 11.7. The highest BCUT2D eigenvalue weighted by Crippen LogP contribution is 2.34. The van der Waals surface area contributed by atoms with Crippen molar-refractivity contribution in [3.63, 3.8) is 0 Å². The van der Waals surface area contributed by atoms with Gasteiger partial charge in [-0.2, -0.15) is 13.2 Å². The van der Waals surface area contributed by atoms with E-state index in [0.29, 0.717) is 10.1 Å². The zero-order chi connectivity index (χ0) is 15.6. The minimum Gasteiger partial charge on any atom is -0.384 e. The number of halogens is 3. The van der Waals surface area contributed by atoms with Crippen molar-refractivity contribution in [1.29, 1.82) is 5.41 Å². The van der Waals surface area contributed by atoms with Crippen molar-refractivity contribution in [2.75, 3.05) is 0 Å². The van der Waals surface area contributed by atoms with Gasteiger partial charge in [-0.05, 0) is 43.0 Å². The van der Waals surface area contributed by atoms with Crippen LogP contribution in [0.4, 0.5) is 13.2 Å². The molecule has 0 aliphatic carbocycles. The number of amidine groups is 1. The summed E-state index contributed by atoms with van der Waals surface area (Å²) < 4.78 is 38.1. The molecule has 8 heteroatoms. The predicted octanol–water partition coefficient (Wildman–Crippen LogP) is 3.24. The van der Waals surface area contributed by atoms with E-state index in [0.717, 1.165) is 29.6 Å². The molecule has 0 bridgehead atoms. The van der Waals surface area contributed by atoms with E-state index in [1.165, 1.54) is 6.07 Å². The van der Waals surface area contributed by atoms with Crippen molar-refractivity contribution < 1.29 is 13.2 Å². The first-order valence-electron chi connectivity index (χ1n) is 5.80. The fourth-order valence-corrected chi connectivity index (χ4v) is 2.49. The second-order valence-electron chi connectivity index (χ2n) is 4.21. The molecule has 0 aliphatic heterocycles. The maximum atomic E-state index is 12.7. The standard InChI is InChI=1S/C13H11F3N4S/c1-7-4-5-19-12(20-7)21-10-3-2-8(13(14,15)16)6-9(10)11(17)18/h2-6H,1H3,(H3,17,18). The molecule has 0 saturated carbocycles. The molecule has 110 valence electrons. The summed E-state index contributed by atoms with van der Waals surface area (Å²) in [7, 11) is 0. The van der Waals surface area contributed by atoms with E-state index in [9.17, 15) is 13.2 Å². The third kappa shape index (κ3) is 3.72. The zero-order valence-electron chi connectivity index (χ0n) is 10.9. The smallest absolute Gasteiger partial charge is 0.384 e. The number of aryl methyl sites for hydroxylation is 1. The monoisotopic (exact) mass is 312 g/mol. The molecule has 0 atom stereocenters. The van der Waals surface area contributed by atoms with Gasteiger partial charge in [0, 0.05) is 22.3 Å². The predicted molar refractivity (Wildman–Crippen MR) is 73.4 cm³/mol. The number of nitrogens with one attached hydrogen (secondary N) is 1. The topological polar surface area (TPSA) is 75.7 Å². The summed E-state index contributed by atoms with van der Waals surface area (Å²) in [6, 6.07) is 4.80. The van der Waals surface area contributed by atoms with Gasteiger partial charge in [-0.25, -0.2) is 9.97 Å². The number of aromatic nitrogens is 2. The van der Waals surface area contributed by atoms with E-state index >= 15 is 0 Å². The Morgan fingerprint density at radius 3 is 2.57 bits per heavy atom. The van der Waals surface area contributed by atoms with Gasteiger partial charge >= 0.3 is 6.18 Å². The van der Waals surface area contributed by atoms with Crippen LogP contribution in [0, 0.1) is 12.3 Å². The second kappa shape index (κ2) is 5.72. The molecule has 0 saturated heterocycles. The van der Waals surface area contributed by atoms with Crippen LogP contribution in [0.15, 0.2) is 40.5 Å². The van der Waals surface area contributed by atoms with Crippen molar-refractivity contribution in [3.05, 3.63) is 47.3 Å². The van der Waals surface area contributed by atoms with Crippen LogP contribution in [0.2, 0.25) is 0 Å². The van der Waals surface area contributed by atoms with Crippen molar-refractivity contribution in [2.45, 2.75) is 23.2 Å². The van der Waals surface area contributed by atoms with Crippen LogP contribution in [-0.4, -0.2) is 15.8 Å². The van der Waals surface area contributed by atoms with Gasteiger partial charge in [-0.1, -0.05) is 0 Å². The number of nitrogens with two attached hydrogens (primary N) is 1. The lowest BCUT2D eigenvalue weighted by Crippen LogP contribution is -2.15. The number of rotatable bonds is 3. The van der Waals surface area contributed by atoms with Crippen LogP contribution in [0.1, 0.15) is 16.8 Å². The molecule has 1 aromatic heterocycles. The van der Waals surface area contributed by atoms with Crippen molar-refractivity contribution in [2.24, 2.45) is 5.73 Å². The van der Waals surface area contributed by atoms with Crippen molar-refractivity contribution >= 4 is 17.6 Å². The first kappa shape index (κ1) is 15.3. The molecular formula is C13H11F3N4S. The summed E-state index contributed by atoms with van der Waals surface area (Å²) in [6.45, 7) is 1.78. The maximum absolute atomic E-state index is 12.7. The molecule has 2 rings (SSSR count). The minimum atomic E-state index is -4.48. The Morgan fingerprint density at radius 1 is 1.29 bits per heavy atom. The Bertz CT molecular complexity index is 685. The lowest BCUT2D eigenvalue weighted by atomic mass is 10.1. The Labute approximate surface area is 123 Å². The molecule has 0 fully saturated rings. The van der Waals surface area contributed by atoms with Crippen molar-refractivity contribution in [1.82, 2.24) is 9.97 Å². The molecule has 0 radical (unpaired) electrons. The first-order valence-corrected chi connectivity index (χ1v) is 6.62. The van der Waals surface area contributed by atoms with Crippen LogP contribution in [0.3, 0.4) is 0 Å². The quantitative estimate of drug-likeness (QED) is 0.518. The van der Waals surface area contributed by atoms with Gasteiger partial charge in [-0.15, -0.1) is 0 Å². The van der Waals surface area contributed by atoms with E-state index in [2.05, 4.69) is 9.97 Å². The van der Waals surface area contributed by atoms with Gasteiger partial charge in [0.2, 0.25) is 0 Å². The highest BCUT2D eigenvalue weighted by Gasteiger charge is 2.31. The van der Waals surface area contributed by atoms with Gasteiger partial charge in [0.05, 0.1) is 5.56 Å². The van der Waals surface area contributed by atoms with Crippen LogP contribution in [0.5, 0.6) is 0 Å². The minimum absolute atomic E-state index is 0.0138. The number of benzene rings is 1. The average molecular weight is 312 g/mol. The molecule has 0 amide bonds. The third-order valence-corrected chi connectivity index (χ3v) is 3.53. The summed E-state index contributed by atoms with van der Waals surface area (Å²) in [5.41, 5.74) is 5.28. The van der Waals surface area contributed by atoms with Gasteiger partial charge < -0.3 is 5.73 Å². The summed E-state index contributed by atoms with van der Waals surface area (Å²) in [5, 5.41) is 7.83. The maximum Gasteiger partial charge on any atom is 0.416 e. The largest absolute Gasteiger partial charge is 0.416 e. The van der Waals surface area contributed by atoms with Crippen molar-refractivity contribution in [3.8, 4) is 0 Å². The number of hydrogen-bond acceptors (Lipinski definition) is 4. The molecule has 1 aromatic carbocycles. The fourth-order valence-electron chi connectivity index (χ4n) is 1.58. The highest BCUT2D eigenvalue weighted by molar-refractivity contribution is 7.99. The van der Waals surface area contributed by atoms with E-state index < -0.39 is 17.6 Å². The van der Waals surface area contributed by atoms with Gasteiger partial charge in [0.15, 0.2) is 5.16 Å². The van der Waals surface area contributed by atoms with E-state index in [4.69, 9.17) is 11.1 Å². The Balaban J connectivity index is 2.42. The fraction of sp³-hybridized carbons (Fsp3) is 0.154. The normalized spacial score (nSPS) is 11.4. The molecule has 21 heavy (non-hydrogen) atoms. The van der Waals surface area contributed by atoms with E-state index in [1.54, 1.807) is 19.2 Å². The summed E-state index contributed by atoms with van der Waals surface area (Å²) >= 11 is 1.07. The Hall–Kier alpha value is -2.09. The van der Waals surface area contributed by atoms with Crippen LogP contribution in [-0.2, 0) is 6.18 Å². The molecule has 1 heterocycles. The molecule has 4 nitrogen and oxygen atoms in total. The molecule has 0 aliphatic rings. The lowest BCUT2D eigenvalue weighted by molar-refractivity contribution is -0.137. The summed E-state index contributed by atoms with van der Waals surface area (Å²) in [5.74, 6) is -0.434. The van der Waals surface area contributed by atoms with Crippen LogP contribution < -0.4 is 5.73 Å². The Morgan fingerprint density at radius 2 is 2.00 bits per heavy atom. The second-order valence-corrected chi connectivity index (χ2v) is 5.21. The number of alkyl halides is 3. The van der Waals surface area contributed by atoms with Gasteiger partial charge in [0.25, 0.3) is 0 Å². The SMILES string of the molecule is Cc1ccnc(Sc2ccc(C(F)(F)F)cc2C(=N)N)n1.